The van der Waals surface area contributed by atoms with Gasteiger partial charge in [-0.25, -0.2) is 4.98 Å². The molecule has 2 rings (SSSR count). The topological polar surface area (TPSA) is 83.3 Å². The summed E-state index contributed by atoms with van der Waals surface area (Å²) >= 11 is 0. The smallest absolute Gasteiger partial charge is 0.263 e. The van der Waals surface area contributed by atoms with Crippen molar-refractivity contribution < 1.29 is 13.6 Å². The van der Waals surface area contributed by atoms with Crippen LogP contribution in [0.2, 0.25) is 0 Å². The number of nitriles is 1. The van der Waals surface area contributed by atoms with E-state index >= 15 is 0 Å². The molecule has 0 aromatic carbocycles. The SMILES string of the molecule is Cc1oc(-c2ccco2)nc1CC(=O)N(CCC#N)CC(C)(C)C. The third-order valence-electron chi connectivity index (χ3n) is 3.45. The first-order valence-corrected chi connectivity index (χ1v) is 7.95. The quantitative estimate of drug-likeness (QED) is 0.809. The summed E-state index contributed by atoms with van der Waals surface area (Å²) < 4.78 is 10.9. The van der Waals surface area contributed by atoms with E-state index in [1.165, 1.54) is 0 Å². The maximum absolute atomic E-state index is 12.7. The summed E-state index contributed by atoms with van der Waals surface area (Å²) in [6.45, 7) is 9.00. The number of oxazole rings is 1. The van der Waals surface area contributed by atoms with Crippen LogP contribution in [-0.4, -0.2) is 28.9 Å². The third kappa shape index (κ3) is 4.72. The van der Waals surface area contributed by atoms with Crippen LogP contribution in [0.5, 0.6) is 0 Å². The summed E-state index contributed by atoms with van der Waals surface area (Å²) in [7, 11) is 0. The van der Waals surface area contributed by atoms with Crippen molar-refractivity contribution in [3.63, 3.8) is 0 Å². The molecule has 0 aliphatic heterocycles. The standard InChI is InChI=1S/C18H23N3O3/c1-13-14(20-17(24-13)15-7-5-10-23-15)11-16(22)21(9-6-8-19)12-18(2,3)4/h5,7,10H,6,9,11-12H2,1-4H3. The molecule has 128 valence electrons. The van der Waals surface area contributed by atoms with Crippen molar-refractivity contribution in [1.82, 2.24) is 9.88 Å². The Kier molecular flexibility index (Phi) is 5.45. The third-order valence-corrected chi connectivity index (χ3v) is 3.45. The Morgan fingerprint density at radius 1 is 1.42 bits per heavy atom. The van der Waals surface area contributed by atoms with Gasteiger partial charge in [-0.05, 0) is 24.5 Å². The lowest BCUT2D eigenvalue weighted by atomic mass is 9.95. The van der Waals surface area contributed by atoms with E-state index in [4.69, 9.17) is 14.1 Å². The zero-order chi connectivity index (χ0) is 17.7. The van der Waals surface area contributed by atoms with Gasteiger partial charge in [0.25, 0.3) is 5.89 Å². The molecule has 0 bridgehead atoms. The molecule has 0 fully saturated rings. The van der Waals surface area contributed by atoms with Crippen LogP contribution in [0.4, 0.5) is 0 Å². The van der Waals surface area contributed by atoms with Gasteiger partial charge in [0.15, 0.2) is 5.76 Å². The number of aromatic nitrogens is 1. The summed E-state index contributed by atoms with van der Waals surface area (Å²) in [4.78, 5) is 18.8. The van der Waals surface area contributed by atoms with Crippen LogP contribution in [0.15, 0.2) is 27.2 Å². The van der Waals surface area contributed by atoms with E-state index in [-0.39, 0.29) is 17.7 Å². The summed E-state index contributed by atoms with van der Waals surface area (Å²) in [6, 6.07) is 5.61. The number of hydrogen-bond donors (Lipinski definition) is 0. The molecule has 24 heavy (non-hydrogen) atoms. The Hall–Kier alpha value is -2.55. The number of nitrogens with zero attached hydrogens (tertiary/aromatic N) is 3. The number of aryl methyl sites for hydroxylation is 1. The van der Waals surface area contributed by atoms with Crippen molar-refractivity contribution in [2.45, 2.75) is 40.5 Å². The fourth-order valence-corrected chi connectivity index (χ4v) is 2.40. The van der Waals surface area contributed by atoms with E-state index in [1.807, 2.05) is 0 Å². The van der Waals surface area contributed by atoms with Gasteiger partial charge in [-0.3, -0.25) is 4.79 Å². The van der Waals surface area contributed by atoms with Crippen molar-refractivity contribution in [1.29, 1.82) is 5.26 Å². The van der Waals surface area contributed by atoms with Gasteiger partial charge in [-0.1, -0.05) is 20.8 Å². The minimum atomic E-state index is -0.0532. The first-order valence-electron chi connectivity index (χ1n) is 7.95. The Bertz CT molecular complexity index is 718. The van der Waals surface area contributed by atoms with E-state index in [0.717, 1.165) is 0 Å². The van der Waals surface area contributed by atoms with Gasteiger partial charge in [0, 0.05) is 13.1 Å². The van der Waals surface area contributed by atoms with Crippen LogP contribution >= 0.6 is 0 Å². The Balaban J connectivity index is 2.12. The number of carbonyl (C=O) groups is 1. The Labute approximate surface area is 142 Å². The van der Waals surface area contributed by atoms with Crippen molar-refractivity contribution in [2.75, 3.05) is 13.1 Å². The molecule has 1 amide bonds. The molecule has 2 heterocycles. The fraction of sp³-hybridized carbons (Fsp3) is 0.500. The average Bonchev–Trinajstić information content (AvgIpc) is 3.12. The van der Waals surface area contributed by atoms with E-state index in [2.05, 4.69) is 31.8 Å². The lowest BCUT2D eigenvalue weighted by Crippen LogP contribution is -2.39. The van der Waals surface area contributed by atoms with Gasteiger partial charge < -0.3 is 13.7 Å². The van der Waals surface area contributed by atoms with Gasteiger partial charge in [-0.2, -0.15) is 5.26 Å². The van der Waals surface area contributed by atoms with Crippen molar-refractivity contribution in [3.05, 3.63) is 29.9 Å². The molecular weight excluding hydrogens is 306 g/mol. The average molecular weight is 329 g/mol. The van der Waals surface area contributed by atoms with E-state index < -0.39 is 0 Å². The molecule has 0 saturated carbocycles. The largest absolute Gasteiger partial charge is 0.459 e. The number of amides is 1. The molecule has 0 atom stereocenters. The fourth-order valence-electron chi connectivity index (χ4n) is 2.40. The molecule has 6 nitrogen and oxygen atoms in total. The molecule has 0 aliphatic carbocycles. The summed E-state index contributed by atoms with van der Waals surface area (Å²) in [5.74, 6) is 1.46. The predicted molar refractivity (Wildman–Crippen MR) is 88.9 cm³/mol. The second-order valence-electron chi connectivity index (χ2n) is 6.96. The first-order chi connectivity index (χ1) is 11.3. The van der Waals surface area contributed by atoms with Crippen LogP contribution in [0, 0.1) is 23.7 Å². The first kappa shape index (κ1) is 17.8. The highest BCUT2D eigenvalue weighted by Gasteiger charge is 2.23. The number of hydrogen-bond acceptors (Lipinski definition) is 5. The molecule has 0 N–H and O–H groups in total. The van der Waals surface area contributed by atoms with Gasteiger partial charge in [-0.15, -0.1) is 0 Å². The maximum atomic E-state index is 12.7. The molecule has 0 aliphatic rings. The summed E-state index contributed by atoms with van der Waals surface area (Å²) in [5, 5.41) is 8.81. The Morgan fingerprint density at radius 2 is 2.17 bits per heavy atom. The van der Waals surface area contributed by atoms with E-state index in [0.29, 0.717) is 42.6 Å². The van der Waals surface area contributed by atoms with Gasteiger partial charge in [0.2, 0.25) is 5.91 Å². The summed E-state index contributed by atoms with van der Waals surface area (Å²) in [5.41, 5.74) is 0.561. The van der Waals surface area contributed by atoms with Crippen LogP contribution in [-0.2, 0) is 11.2 Å². The molecule has 0 saturated heterocycles. The number of carbonyl (C=O) groups excluding carboxylic acids is 1. The molecular formula is C18H23N3O3. The van der Waals surface area contributed by atoms with Crippen LogP contribution in [0.3, 0.4) is 0 Å². The van der Waals surface area contributed by atoms with Gasteiger partial charge in [0.1, 0.15) is 5.76 Å². The molecule has 0 spiro atoms. The normalized spacial score (nSPS) is 11.3. The zero-order valence-corrected chi connectivity index (χ0v) is 14.6. The van der Waals surface area contributed by atoms with E-state index in [9.17, 15) is 4.79 Å². The van der Waals surface area contributed by atoms with Crippen molar-refractivity contribution in [2.24, 2.45) is 5.41 Å². The van der Waals surface area contributed by atoms with Gasteiger partial charge >= 0.3 is 0 Å². The molecule has 0 radical (unpaired) electrons. The monoisotopic (exact) mass is 329 g/mol. The highest BCUT2D eigenvalue weighted by Crippen LogP contribution is 2.23. The minimum Gasteiger partial charge on any atom is -0.459 e. The zero-order valence-electron chi connectivity index (χ0n) is 14.6. The maximum Gasteiger partial charge on any atom is 0.263 e. The molecule has 6 heteroatoms. The van der Waals surface area contributed by atoms with E-state index in [1.54, 1.807) is 30.2 Å². The molecule has 2 aromatic rings. The Morgan fingerprint density at radius 3 is 2.75 bits per heavy atom. The van der Waals surface area contributed by atoms with Crippen molar-refractivity contribution in [3.8, 4) is 17.7 Å². The van der Waals surface area contributed by atoms with Crippen LogP contribution in [0.1, 0.15) is 38.6 Å². The second kappa shape index (κ2) is 7.35. The minimum absolute atomic E-state index is 0.0384. The highest BCUT2D eigenvalue weighted by atomic mass is 16.4. The van der Waals surface area contributed by atoms with Crippen LogP contribution in [0.25, 0.3) is 11.7 Å². The lowest BCUT2D eigenvalue weighted by Gasteiger charge is -2.29. The summed E-state index contributed by atoms with van der Waals surface area (Å²) in [6.07, 6.45) is 2.02. The second-order valence-corrected chi connectivity index (χ2v) is 6.96. The molecule has 2 aromatic heterocycles. The van der Waals surface area contributed by atoms with Gasteiger partial charge in [0.05, 0.1) is 30.9 Å². The number of furan rings is 1. The molecule has 0 unspecified atom stereocenters. The predicted octanol–water partition coefficient (Wildman–Crippen LogP) is 3.57. The number of rotatable bonds is 6. The van der Waals surface area contributed by atoms with Crippen molar-refractivity contribution >= 4 is 5.91 Å². The lowest BCUT2D eigenvalue weighted by molar-refractivity contribution is -0.131. The highest BCUT2D eigenvalue weighted by molar-refractivity contribution is 5.78. The van der Waals surface area contributed by atoms with Crippen LogP contribution < -0.4 is 0 Å².